The van der Waals surface area contributed by atoms with Crippen molar-refractivity contribution < 1.29 is 9.53 Å². The molecule has 0 saturated carbocycles. The summed E-state index contributed by atoms with van der Waals surface area (Å²) in [6.45, 7) is 4.94. The van der Waals surface area contributed by atoms with Crippen molar-refractivity contribution in [3.63, 3.8) is 0 Å². The number of fused-ring (bicyclic) bond motifs is 1. The van der Waals surface area contributed by atoms with E-state index in [-0.39, 0.29) is 6.03 Å². The van der Waals surface area contributed by atoms with Gasteiger partial charge in [-0.3, -0.25) is 9.47 Å². The van der Waals surface area contributed by atoms with Crippen LogP contribution in [0.15, 0.2) is 48.8 Å². The van der Waals surface area contributed by atoms with Crippen LogP contribution in [0.5, 0.6) is 5.75 Å². The highest BCUT2D eigenvalue weighted by molar-refractivity contribution is 5.94. The summed E-state index contributed by atoms with van der Waals surface area (Å²) in [5.74, 6) is 2.23. The van der Waals surface area contributed by atoms with Crippen molar-refractivity contribution in [2.45, 2.75) is 26.9 Å². The van der Waals surface area contributed by atoms with Crippen LogP contribution in [0.2, 0.25) is 0 Å². The number of carbonyl (C=O) groups is 1. The van der Waals surface area contributed by atoms with E-state index in [2.05, 4.69) is 9.97 Å². The Morgan fingerprint density at radius 3 is 2.73 bits per heavy atom. The van der Waals surface area contributed by atoms with Crippen molar-refractivity contribution >= 4 is 11.8 Å². The number of amides is 1. The van der Waals surface area contributed by atoms with E-state index in [0.717, 1.165) is 28.4 Å². The van der Waals surface area contributed by atoms with E-state index in [9.17, 15) is 4.79 Å². The molecule has 26 heavy (non-hydrogen) atoms. The number of hydrogen-bond acceptors (Lipinski definition) is 4. The first-order chi connectivity index (χ1) is 12.6. The van der Waals surface area contributed by atoms with Gasteiger partial charge in [-0.15, -0.1) is 0 Å². The number of nitrogens with zero attached hydrogens (tertiary/aromatic N) is 4. The van der Waals surface area contributed by atoms with Gasteiger partial charge in [-0.05, 0) is 43.2 Å². The van der Waals surface area contributed by atoms with E-state index < -0.39 is 0 Å². The van der Waals surface area contributed by atoms with Gasteiger partial charge in [0.05, 0.1) is 5.69 Å². The van der Waals surface area contributed by atoms with Gasteiger partial charge in [-0.25, -0.2) is 14.8 Å². The van der Waals surface area contributed by atoms with Gasteiger partial charge in [0, 0.05) is 25.4 Å². The molecule has 3 heterocycles. The number of ether oxygens (including phenoxy) is 1. The van der Waals surface area contributed by atoms with E-state index in [1.165, 1.54) is 0 Å². The summed E-state index contributed by atoms with van der Waals surface area (Å²) in [7, 11) is 0. The van der Waals surface area contributed by atoms with Crippen LogP contribution in [0.1, 0.15) is 22.6 Å². The van der Waals surface area contributed by atoms with Gasteiger partial charge in [0.2, 0.25) is 0 Å². The highest BCUT2D eigenvalue weighted by atomic mass is 16.5. The number of anilines is 1. The molecular formula is C20H20N4O2. The van der Waals surface area contributed by atoms with Crippen molar-refractivity contribution in [2.75, 3.05) is 11.4 Å². The molecule has 0 unspecified atom stereocenters. The lowest BCUT2D eigenvalue weighted by atomic mass is 10.2. The zero-order chi connectivity index (χ0) is 18.1. The summed E-state index contributed by atoms with van der Waals surface area (Å²) in [6.07, 6.45) is 4.25. The van der Waals surface area contributed by atoms with Crippen molar-refractivity contribution in [3.05, 3.63) is 71.4 Å². The third-order valence-corrected chi connectivity index (χ3v) is 4.59. The Morgan fingerprint density at radius 1 is 1.15 bits per heavy atom. The second-order valence-electron chi connectivity index (χ2n) is 6.43. The molecule has 0 N–H and O–H groups in total. The molecule has 0 spiro atoms. The molecule has 0 fully saturated rings. The first kappa shape index (κ1) is 16.3. The smallest absolute Gasteiger partial charge is 0.335 e. The average molecular weight is 348 g/mol. The third kappa shape index (κ3) is 3.06. The maximum Gasteiger partial charge on any atom is 0.335 e. The normalized spacial score (nSPS) is 13.6. The molecule has 2 aromatic heterocycles. The molecule has 1 amide bonds. The second kappa shape index (κ2) is 6.63. The Kier molecular flexibility index (Phi) is 4.16. The first-order valence-corrected chi connectivity index (χ1v) is 8.62. The SMILES string of the molecule is Cc1cnc(N2CCc3nc(COc4ccccc4)cn3C2=O)cc1C. The van der Waals surface area contributed by atoms with Crippen LogP contribution in [0.25, 0.3) is 0 Å². The molecule has 1 aromatic carbocycles. The van der Waals surface area contributed by atoms with E-state index in [1.807, 2.05) is 50.2 Å². The lowest BCUT2D eigenvalue weighted by Crippen LogP contribution is -2.42. The molecule has 6 heteroatoms. The van der Waals surface area contributed by atoms with Gasteiger partial charge in [-0.2, -0.15) is 0 Å². The number of aryl methyl sites for hydroxylation is 2. The topological polar surface area (TPSA) is 60.2 Å². The Labute approximate surface area is 152 Å². The summed E-state index contributed by atoms with van der Waals surface area (Å²) >= 11 is 0. The molecular weight excluding hydrogens is 328 g/mol. The molecule has 132 valence electrons. The summed E-state index contributed by atoms with van der Waals surface area (Å²) in [6, 6.07) is 11.4. The van der Waals surface area contributed by atoms with Gasteiger partial charge in [-0.1, -0.05) is 18.2 Å². The fourth-order valence-electron chi connectivity index (χ4n) is 2.96. The van der Waals surface area contributed by atoms with Crippen molar-refractivity contribution in [1.82, 2.24) is 14.5 Å². The Bertz CT molecular complexity index is 950. The molecule has 6 nitrogen and oxygen atoms in total. The number of imidazole rings is 1. The molecule has 0 saturated heterocycles. The largest absolute Gasteiger partial charge is 0.487 e. The number of pyridine rings is 1. The van der Waals surface area contributed by atoms with Crippen LogP contribution in [0.4, 0.5) is 10.6 Å². The molecule has 0 atom stereocenters. The van der Waals surface area contributed by atoms with Gasteiger partial charge < -0.3 is 4.74 Å². The minimum atomic E-state index is -0.125. The third-order valence-electron chi connectivity index (χ3n) is 4.59. The van der Waals surface area contributed by atoms with Gasteiger partial charge in [0.15, 0.2) is 0 Å². The lowest BCUT2D eigenvalue weighted by Gasteiger charge is -2.26. The van der Waals surface area contributed by atoms with E-state index in [4.69, 9.17) is 4.74 Å². The van der Waals surface area contributed by atoms with Crippen molar-refractivity contribution in [3.8, 4) is 5.75 Å². The molecule has 0 aliphatic carbocycles. The summed E-state index contributed by atoms with van der Waals surface area (Å²) in [5, 5.41) is 0. The molecule has 0 bridgehead atoms. The minimum Gasteiger partial charge on any atom is -0.487 e. The number of carbonyl (C=O) groups excluding carboxylic acids is 1. The maximum absolute atomic E-state index is 12.9. The van der Waals surface area contributed by atoms with Crippen LogP contribution in [0, 0.1) is 13.8 Å². The predicted molar refractivity (Wildman–Crippen MR) is 98.6 cm³/mol. The van der Waals surface area contributed by atoms with E-state index in [1.54, 1.807) is 21.9 Å². The van der Waals surface area contributed by atoms with Crippen molar-refractivity contribution in [2.24, 2.45) is 0 Å². The molecule has 0 radical (unpaired) electrons. The Morgan fingerprint density at radius 2 is 1.96 bits per heavy atom. The minimum absolute atomic E-state index is 0.125. The highest BCUT2D eigenvalue weighted by Gasteiger charge is 2.27. The Hall–Kier alpha value is -3.15. The monoisotopic (exact) mass is 348 g/mol. The van der Waals surface area contributed by atoms with E-state index in [0.29, 0.717) is 25.4 Å². The van der Waals surface area contributed by atoms with Crippen LogP contribution in [-0.4, -0.2) is 27.1 Å². The number of benzene rings is 1. The van der Waals surface area contributed by atoms with Crippen LogP contribution in [0.3, 0.4) is 0 Å². The second-order valence-corrected chi connectivity index (χ2v) is 6.43. The first-order valence-electron chi connectivity index (χ1n) is 8.62. The van der Waals surface area contributed by atoms with Crippen LogP contribution < -0.4 is 9.64 Å². The van der Waals surface area contributed by atoms with E-state index >= 15 is 0 Å². The number of aromatic nitrogens is 3. The quantitative estimate of drug-likeness (QED) is 0.724. The summed E-state index contributed by atoms with van der Waals surface area (Å²) in [5.41, 5.74) is 2.98. The lowest BCUT2D eigenvalue weighted by molar-refractivity contribution is 0.244. The zero-order valence-electron chi connectivity index (χ0n) is 14.8. The van der Waals surface area contributed by atoms with Gasteiger partial charge in [0.25, 0.3) is 0 Å². The summed E-state index contributed by atoms with van der Waals surface area (Å²) < 4.78 is 7.33. The standard InChI is InChI=1S/C20H20N4O2/c1-14-10-19(21-11-15(14)2)23-9-8-18-22-16(12-24(18)20(23)25)13-26-17-6-4-3-5-7-17/h3-7,10-12H,8-9,13H2,1-2H3. The highest BCUT2D eigenvalue weighted by Crippen LogP contribution is 2.21. The molecule has 4 rings (SSSR count). The van der Waals surface area contributed by atoms with Gasteiger partial charge in [0.1, 0.15) is 24.0 Å². The van der Waals surface area contributed by atoms with Crippen molar-refractivity contribution in [1.29, 1.82) is 0 Å². The summed E-state index contributed by atoms with van der Waals surface area (Å²) in [4.78, 5) is 23.5. The predicted octanol–water partition coefficient (Wildman–Crippen LogP) is 3.50. The van der Waals surface area contributed by atoms with Crippen LogP contribution >= 0.6 is 0 Å². The maximum atomic E-state index is 12.9. The average Bonchev–Trinajstić information content (AvgIpc) is 3.08. The van der Waals surface area contributed by atoms with Crippen LogP contribution in [-0.2, 0) is 13.0 Å². The molecule has 1 aliphatic heterocycles. The zero-order valence-corrected chi connectivity index (χ0v) is 14.8. The number of para-hydroxylation sites is 1. The Balaban J connectivity index is 1.53. The molecule has 1 aliphatic rings. The van der Waals surface area contributed by atoms with Gasteiger partial charge >= 0.3 is 6.03 Å². The fourth-order valence-corrected chi connectivity index (χ4v) is 2.96. The number of hydrogen-bond donors (Lipinski definition) is 0. The fraction of sp³-hybridized carbons (Fsp3) is 0.250. The molecule has 3 aromatic rings. The number of rotatable bonds is 4.